The van der Waals surface area contributed by atoms with E-state index >= 15 is 0 Å². The first-order valence-corrected chi connectivity index (χ1v) is 5.22. The standard InChI is InChI=1S/C11H12FNO3/c12-11-8(7-16-9-4-2-5-9)3-1-6-10(11)13(14)15/h1,3,6,9H,2,4-5,7H2. The molecule has 0 aliphatic heterocycles. The number of nitro groups is 1. The van der Waals surface area contributed by atoms with Crippen LogP contribution in [0.15, 0.2) is 18.2 Å². The van der Waals surface area contributed by atoms with E-state index in [0.717, 1.165) is 25.3 Å². The van der Waals surface area contributed by atoms with Gasteiger partial charge in [-0.2, -0.15) is 4.39 Å². The minimum absolute atomic E-state index is 0.109. The average Bonchev–Trinajstić information content (AvgIpc) is 2.17. The highest BCUT2D eigenvalue weighted by Crippen LogP contribution is 2.25. The molecule has 1 aromatic carbocycles. The van der Waals surface area contributed by atoms with Crippen molar-refractivity contribution in [3.63, 3.8) is 0 Å². The number of rotatable bonds is 4. The number of ether oxygens (including phenoxy) is 1. The van der Waals surface area contributed by atoms with Crippen molar-refractivity contribution in [2.24, 2.45) is 0 Å². The van der Waals surface area contributed by atoms with Crippen molar-refractivity contribution in [2.75, 3.05) is 0 Å². The molecule has 1 saturated carbocycles. The zero-order valence-electron chi connectivity index (χ0n) is 8.69. The summed E-state index contributed by atoms with van der Waals surface area (Å²) in [5.41, 5.74) is -0.240. The molecule has 0 heterocycles. The van der Waals surface area contributed by atoms with Crippen molar-refractivity contribution >= 4 is 5.69 Å². The summed E-state index contributed by atoms with van der Waals surface area (Å²) in [6.45, 7) is 0.109. The molecule has 2 rings (SSSR count). The van der Waals surface area contributed by atoms with Gasteiger partial charge in [0.25, 0.3) is 0 Å². The lowest BCUT2D eigenvalue weighted by atomic mass is 9.96. The quantitative estimate of drug-likeness (QED) is 0.584. The van der Waals surface area contributed by atoms with E-state index in [2.05, 4.69) is 0 Å². The average molecular weight is 225 g/mol. The molecule has 0 atom stereocenters. The van der Waals surface area contributed by atoms with Gasteiger partial charge in [0.1, 0.15) is 0 Å². The molecule has 0 saturated heterocycles. The van der Waals surface area contributed by atoms with Gasteiger partial charge < -0.3 is 4.74 Å². The van der Waals surface area contributed by atoms with E-state index in [-0.39, 0.29) is 18.3 Å². The van der Waals surface area contributed by atoms with Crippen molar-refractivity contribution < 1.29 is 14.1 Å². The molecule has 0 bridgehead atoms. The largest absolute Gasteiger partial charge is 0.373 e. The first kappa shape index (κ1) is 11.0. The van der Waals surface area contributed by atoms with Crippen LogP contribution in [0.2, 0.25) is 0 Å². The summed E-state index contributed by atoms with van der Waals surface area (Å²) in [6, 6.07) is 4.14. The molecular weight excluding hydrogens is 213 g/mol. The Kier molecular flexibility index (Phi) is 3.14. The van der Waals surface area contributed by atoms with Crippen LogP contribution in [0.25, 0.3) is 0 Å². The summed E-state index contributed by atoms with van der Waals surface area (Å²) < 4.78 is 19.0. The molecule has 1 aromatic rings. The highest BCUT2D eigenvalue weighted by Gasteiger charge is 2.21. The number of hydrogen-bond acceptors (Lipinski definition) is 3. The summed E-state index contributed by atoms with van der Waals surface area (Å²) in [5.74, 6) is -0.785. The third-order valence-corrected chi connectivity index (χ3v) is 2.78. The summed E-state index contributed by atoms with van der Waals surface area (Å²) in [7, 11) is 0. The second-order valence-corrected chi connectivity index (χ2v) is 3.87. The Bertz CT molecular complexity index is 404. The fraction of sp³-hybridized carbons (Fsp3) is 0.455. The normalized spacial score (nSPS) is 15.8. The zero-order chi connectivity index (χ0) is 11.5. The number of nitro benzene ring substituents is 1. The minimum Gasteiger partial charge on any atom is -0.373 e. The molecule has 0 unspecified atom stereocenters. The van der Waals surface area contributed by atoms with Gasteiger partial charge in [0.2, 0.25) is 5.82 Å². The molecule has 0 amide bonds. The Balaban J connectivity index is 2.07. The first-order chi connectivity index (χ1) is 7.68. The topological polar surface area (TPSA) is 52.4 Å². The van der Waals surface area contributed by atoms with Gasteiger partial charge in [-0.1, -0.05) is 12.1 Å². The van der Waals surface area contributed by atoms with E-state index in [9.17, 15) is 14.5 Å². The van der Waals surface area contributed by atoms with E-state index in [1.807, 2.05) is 0 Å². The van der Waals surface area contributed by atoms with Crippen LogP contribution < -0.4 is 0 Å². The number of halogens is 1. The van der Waals surface area contributed by atoms with Crippen LogP contribution in [-0.2, 0) is 11.3 Å². The smallest absolute Gasteiger partial charge is 0.305 e. The highest BCUT2D eigenvalue weighted by molar-refractivity contribution is 5.36. The maximum Gasteiger partial charge on any atom is 0.305 e. The maximum atomic E-state index is 13.6. The van der Waals surface area contributed by atoms with Gasteiger partial charge in [-0.25, -0.2) is 0 Å². The predicted molar refractivity (Wildman–Crippen MR) is 55.5 cm³/mol. The van der Waals surface area contributed by atoms with Gasteiger partial charge in [-0.3, -0.25) is 10.1 Å². The second kappa shape index (κ2) is 4.57. The Morgan fingerprint density at radius 1 is 1.50 bits per heavy atom. The van der Waals surface area contributed by atoms with Crippen LogP contribution in [-0.4, -0.2) is 11.0 Å². The van der Waals surface area contributed by atoms with E-state index in [4.69, 9.17) is 4.74 Å². The molecule has 5 heteroatoms. The lowest BCUT2D eigenvalue weighted by Crippen LogP contribution is -2.21. The van der Waals surface area contributed by atoms with Gasteiger partial charge >= 0.3 is 5.69 Å². The Hall–Kier alpha value is -1.49. The molecule has 1 fully saturated rings. The Labute approximate surface area is 92.2 Å². The van der Waals surface area contributed by atoms with E-state index in [1.54, 1.807) is 0 Å². The maximum absolute atomic E-state index is 13.6. The van der Waals surface area contributed by atoms with Crippen LogP contribution in [0.4, 0.5) is 10.1 Å². The van der Waals surface area contributed by atoms with Crippen LogP contribution in [0.5, 0.6) is 0 Å². The van der Waals surface area contributed by atoms with Crippen molar-refractivity contribution in [3.8, 4) is 0 Å². The monoisotopic (exact) mass is 225 g/mol. The third-order valence-electron chi connectivity index (χ3n) is 2.78. The van der Waals surface area contributed by atoms with Crippen molar-refractivity contribution in [2.45, 2.75) is 32.0 Å². The number of hydrogen-bond donors (Lipinski definition) is 0. The summed E-state index contributed by atoms with van der Waals surface area (Å²) in [6.07, 6.45) is 3.33. The molecule has 16 heavy (non-hydrogen) atoms. The van der Waals surface area contributed by atoms with Crippen molar-refractivity contribution in [1.29, 1.82) is 0 Å². The first-order valence-electron chi connectivity index (χ1n) is 5.22. The van der Waals surface area contributed by atoms with Crippen molar-refractivity contribution in [1.82, 2.24) is 0 Å². The lowest BCUT2D eigenvalue weighted by molar-refractivity contribution is -0.387. The van der Waals surface area contributed by atoms with Crippen LogP contribution in [0.1, 0.15) is 24.8 Å². The molecule has 0 aromatic heterocycles. The summed E-state index contributed by atoms with van der Waals surface area (Å²) in [5, 5.41) is 10.5. The molecule has 0 radical (unpaired) electrons. The van der Waals surface area contributed by atoms with E-state index in [0.29, 0.717) is 0 Å². The van der Waals surface area contributed by atoms with Crippen molar-refractivity contribution in [3.05, 3.63) is 39.7 Å². The van der Waals surface area contributed by atoms with Crippen LogP contribution in [0.3, 0.4) is 0 Å². The zero-order valence-corrected chi connectivity index (χ0v) is 8.69. The molecule has 0 N–H and O–H groups in total. The summed E-state index contributed by atoms with van der Waals surface area (Å²) >= 11 is 0. The fourth-order valence-corrected chi connectivity index (χ4v) is 1.56. The van der Waals surface area contributed by atoms with Gasteiger partial charge in [-0.05, 0) is 19.3 Å². The van der Waals surface area contributed by atoms with Gasteiger partial charge in [-0.15, -0.1) is 0 Å². The van der Waals surface area contributed by atoms with Gasteiger partial charge in [0.15, 0.2) is 0 Å². The molecule has 0 spiro atoms. The van der Waals surface area contributed by atoms with E-state index in [1.165, 1.54) is 12.1 Å². The van der Waals surface area contributed by atoms with Gasteiger partial charge in [0.05, 0.1) is 17.6 Å². The molecular formula is C11H12FNO3. The minimum atomic E-state index is -0.785. The Morgan fingerprint density at radius 3 is 2.81 bits per heavy atom. The number of nitrogens with zero attached hydrogens (tertiary/aromatic N) is 1. The highest BCUT2D eigenvalue weighted by atomic mass is 19.1. The number of benzene rings is 1. The molecule has 4 nitrogen and oxygen atoms in total. The molecule has 1 aliphatic carbocycles. The SMILES string of the molecule is O=[N+]([O-])c1cccc(COC2CCC2)c1F. The van der Waals surface area contributed by atoms with Gasteiger partial charge in [0, 0.05) is 11.6 Å². The van der Waals surface area contributed by atoms with Crippen LogP contribution in [0, 0.1) is 15.9 Å². The Morgan fingerprint density at radius 2 is 2.25 bits per heavy atom. The fourth-order valence-electron chi connectivity index (χ4n) is 1.56. The third kappa shape index (κ3) is 2.19. The lowest BCUT2D eigenvalue weighted by Gasteiger charge is -2.25. The second-order valence-electron chi connectivity index (χ2n) is 3.87. The predicted octanol–water partition coefficient (Wildman–Crippen LogP) is 2.80. The summed E-state index contributed by atoms with van der Waals surface area (Å²) in [4.78, 5) is 9.78. The molecule has 1 aliphatic rings. The molecule has 86 valence electrons. The van der Waals surface area contributed by atoms with E-state index < -0.39 is 16.4 Å². The van der Waals surface area contributed by atoms with Crippen LogP contribution >= 0.6 is 0 Å².